The molecule has 5 nitrogen and oxygen atoms in total. The van der Waals surface area contributed by atoms with E-state index in [1.54, 1.807) is 23.3 Å². The largest absolute Gasteiger partial charge is 0.352 e. The minimum atomic E-state index is -0.00110. The average Bonchev–Trinajstić information content (AvgIpc) is 2.81. The van der Waals surface area contributed by atoms with E-state index in [2.05, 4.69) is 36.2 Å². The number of pyridine rings is 1. The molecule has 0 aliphatic rings. The summed E-state index contributed by atoms with van der Waals surface area (Å²) in [5.41, 5.74) is 2.98. The fourth-order valence-corrected chi connectivity index (χ4v) is 2.13. The van der Waals surface area contributed by atoms with Gasteiger partial charge in [-0.15, -0.1) is 0 Å². The van der Waals surface area contributed by atoms with E-state index in [0.29, 0.717) is 13.0 Å². The zero-order valence-corrected chi connectivity index (χ0v) is 13.1. The Kier molecular flexibility index (Phi) is 4.40. The van der Waals surface area contributed by atoms with Crippen molar-refractivity contribution in [1.29, 1.82) is 0 Å². The van der Waals surface area contributed by atoms with E-state index in [9.17, 15) is 4.79 Å². The van der Waals surface area contributed by atoms with Gasteiger partial charge in [0, 0.05) is 44.2 Å². The molecule has 2 rings (SSSR count). The lowest BCUT2D eigenvalue weighted by Crippen LogP contribution is -2.27. The maximum atomic E-state index is 11.9. The summed E-state index contributed by atoms with van der Waals surface area (Å²) in [5, 5.41) is 7.10. The Morgan fingerprint density at radius 1 is 1.33 bits per heavy atom. The highest BCUT2D eigenvalue weighted by Crippen LogP contribution is 2.19. The highest BCUT2D eigenvalue weighted by molar-refractivity contribution is 5.76. The van der Waals surface area contributed by atoms with Gasteiger partial charge in [-0.1, -0.05) is 20.8 Å². The number of aromatic nitrogens is 3. The Balaban J connectivity index is 2.02. The zero-order valence-electron chi connectivity index (χ0n) is 13.1. The fourth-order valence-electron chi connectivity index (χ4n) is 2.13. The van der Waals surface area contributed by atoms with Crippen LogP contribution in [0.3, 0.4) is 0 Å². The molecule has 0 bridgehead atoms. The van der Waals surface area contributed by atoms with Crippen LogP contribution >= 0.6 is 0 Å². The average molecular weight is 286 g/mol. The first-order valence-corrected chi connectivity index (χ1v) is 7.04. The molecular weight excluding hydrogens is 264 g/mol. The second-order valence-corrected chi connectivity index (χ2v) is 6.44. The molecule has 0 atom stereocenters. The Labute approximate surface area is 125 Å². The Morgan fingerprint density at radius 3 is 2.71 bits per heavy atom. The zero-order chi connectivity index (χ0) is 15.5. The number of carbonyl (C=O) groups is 1. The smallest absolute Gasteiger partial charge is 0.220 e. The number of hydrogen-bond acceptors (Lipinski definition) is 3. The van der Waals surface area contributed by atoms with Gasteiger partial charge >= 0.3 is 0 Å². The second kappa shape index (κ2) is 6.08. The maximum Gasteiger partial charge on any atom is 0.220 e. The lowest BCUT2D eigenvalue weighted by Gasteiger charge is -2.17. The lowest BCUT2D eigenvalue weighted by atomic mass is 9.92. The van der Waals surface area contributed by atoms with E-state index < -0.39 is 0 Å². The molecule has 0 aliphatic carbocycles. The van der Waals surface area contributed by atoms with Crippen molar-refractivity contribution in [3.63, 3.8) is 0 Å². The number of aryl methyl sites for hydroxylation is 1. The fraction of sp³-hybridized carbons (Fsp3) is 0.438. The minimum Gasteiger partial charge on any atom is -0.352 e. The molecule has 21 heavy (non-hydrogen) atoms. The van der Waals surface area contributed by atoms with Gasteiger partial charge in [-0.25, -0.2) is 0 Å². The summed E-state index contributed by atoms with van der Waals surface area (Å²) in [5.74, 6) is 0.0634. The molecule has 2 aromatic heterocycles. The Morgan fingerprint density at radius 2 is 2.10 bits per heavy atom. The SMILES string of the molecule is Cn1nccc1-c1cncc(CNC(=O)CC(C)(C)C)c1. The second-order valence-electron chi connectivity index (χ2n) is 6.44. The topological polar surface area (TPSA) is 59.8 Å². The van der Waals surface area contributed by atoms with Crippen LogP contribution in [0, 0.1) is 5.41 Å². The molecule has 5 heteroatoms. The lowest BCUT2D eigenvalue weighted by molar-refractivity contribution is -0.122. The number of nitrogens with one attached hydrogen (secondary N) is 1. The van der Waals surface area contributed by atoms with Crippen LogP contribution < -0.4 is 5.32 Å². The summed E-state index contributed by atoms with van der Waals surface area (Å²) in [6.07, 6.45) is 5.85. The van der Waals surface area contributed by atoms with Crippen molar-refractivity contribution >= 4 is 5.91 Å². The van der Waals surface area contributed by atoms with Crippen molar-refractivity contribution in [3.05, 3.63) is 36.3 Å². The van der Waals surface area contributed by atoms with Gasteiger partial charge in [0.2, 0.25) is 5.91 Å². The summed E-state index contributed by atoms with van der Waals surface area (Å²) >= 11 is 0. The molecule has 0 aliphatic heterocycles. The summed E-state index contributed by atoms with van der Waals surface area (Å²) in [6.45, 7) is 6.65. The first-order chi connectivity index (χ1) is 9.85. The summed E-state index contributed by atoms with van der Waals surface area (Å²) in [7, 11) is 1.90. The third kappa shape index (κ3) is 4.41. The molecule has 1 N–H and O–H groups in total. The quantitative estimate of drug-likeness (QED) is 0.939. The molecule has 2 aromatic rings. The number of amides is 1. The number of rotatable bonds is 4. The molecule has 0 aromatic carbocycles. The van der Waals surface area contributed by atoms with E-state index in [0.717, 1.165) is 16.8 Å². The van der Waals surface area contributed by atoms with Crippen molar-refractivity contribution < 1.29 is 4.79 Å². The Hall–Kier alpha value is -2.17. The van der Waals surface area contributed by atoms with Crippen molar-refractivity contribution in [3.8, 4) is 11.3 Å². The van der Waals surface area contributed by atoms with E-state index in [1.807, 2.05) is 19.2 Å². The molecule has 0 fully saturated rings. The van der Waals surface area contributed by atoms with Crippen LogP contribution in [0.2, 0.25) is 0 Å². The van der Waals surface area contributed by atoms with E-state index in [-0.39, 0.29) is 11.3 Å². The van der Waals surface area contributed by atoms with Crippen LogP contribution in [0.25, 0.3) is 11.3 Å². The summed E-state index contributed by atoms with van der Waals surface area (Å²) < 4.78 is 1.80. The molecule has 0 unspecified atom stereocenters. The molecule has 112 valence electrons. The Bertz CT molecular complexity index is 625. The van der Waals surface area contributed by atoms with Gasteiger partial charge < -0.3 is 5.32 Å². The van der Waals surface area contributed by atoms with Crippen molar-refractivity contribution in [1.82, 2.24) is 20.1 Å². The highest BCUT2D eigenvalue weighted by atomic mass is 16.1. The number of hydrogen-bond donors (Lipinski definition) is 1. The third-order valence-corrected chi connectivity index (χ3v) is 3.09. The third-order valence-electron chi connectivity index (χ3n) is 3.09. The maximum absolute atomic E-state index is 11.9. The van der Waals surface area contributed by atoms with Crippen molar-refractivity contribution in [2.24, 2.45) is 12.5 Å². The molecule has 0 saturated carbocycles. The van der Waals surface area contributed by atoms with Crippen LogP contribution in [0.15, 0.2) is 30.7 Å². The first kappa shape index (κ1) is 15.2. The first-order valence-electron chi connectivity index (χ1n) is 7.04. The standard InChI is InChI=1S/C16H22N4O/c1-16(2,3)8-15(21)18-10-12-7-13(11-17-9-12)14-5-6-19-20(14)4/h5-7,9,11H,8,10H2,1-4H3,(H,18,21). The van der Waals surface area contributed by atoms with Crippen molar-refractivity contribution in [2.75, 3.05) is 0 Å². The monoisotopic (exact) mass is 286 g/mol. The molecule has 0 radical (unpaired) electrons. The van der Waals surface area contributed by atoms with Crippen LogP contribution in [0.4, 0.5) is 0 Å². The summed E-state index contributed by atoms with van der Waals surface area (Å²) in [6, 6.07) is 3.97. The van der Waals surface area contributed by atoms with Gasteiger partial charge in [0.25, 0.3) is 0 Å². The van der Waals surface area contributed by atoms with Crippen LogP contribution in [0.1, 0.15) is 32.8 Å². The van der Waals surface area contributed by atoms with Crippen LogP contribution in [-0.4, -0.2) is 20.7 Å². The van der Waals surface area contributed by atoms with Gasteiger partial charge in [0.15, 0.2) is 0 Å². The van der Waals surface area contributed by atoms with Crippen LogP contribution in [-0.2, 0) is 18.4 Å². The molecule has 2 heterocycles. The van der Waals surface area contributed by atoms with Gasteiger partial charge in [-0.05, 0) is 23.1 Å². The van der Waals surface area contributed by atoms with Gasteiger partial charge in [-0.2, -0.15) is 5.10 Å². The van der Waals surface area contributed by atoms with Gasteiger partial charge in [-0.3, -0.25) is 14.5 Å². The molecule has 0 spiro atoms. The van der Waals surface area contributed by atoms with Crippen LogP contribution in [0.5, 0.6) is 0 Å². The minimum absolute atomic E-state index is 0.00110. The molecule has 0 saturated heterocycles. The van der Waals surface area contributed by atoms with Gasteiger partial charge in [0.05, 0.1) is 5.69 Å². The van der Waals surface area contributed by atoms with Crippen molar-refractivity contribution in [2.45, 2.75) is 33.7 Å². The predicted octanol–water partition coefficient (Wildman–Crippen LogP) is 2.53. The van der Waals surface area contributed by atoms with E-state index in [1.165, 1.54) is 0 Å². The molecule has 1 amide bonds. The normalized spacial score (nSPS) is 11.4. The van der Waals surface area contributed by atoms with E-state index >= 15 is 0 Å². The highest BCUT2D eigenvalue weighted by Gasteiger charge is 2.15. The summed E-state index contributed by atoms with van der Waals surface area (Å²) in [4.78, 5) is 16.1. The predicted molar refractivity (Wildman–Crippen MR) is 82.4 cm³/mol. The molecular formula is C16H22N4O. The van der Waals surface area contributed by atoms with E-state index in [4.69, 9.17) is 0 Å². The number of nitrogens with zero attached hydrogens (tertiary/aromatic N) is 3. The number of carbonyl (C=O) groups excluding carboxylic acids is 1. The van der Waals surface area contributed by atoms with Gasteiger partial charge in [0.1, 0.15) is 0 Å².